The molecule has 4 nitrogen and oxygen atoms in total. The van der Waals surface area contributed by atoms with Crippen LogP contribution in [0.25, 0.3) is 0 Å². The summed E-state index contributed by atoms with van der Waals surface area (Å²) in [5, 5.41) is 8.95. The van der Waals surface area contributed by atoms with Crippen LogP contribution >= 0.6 is 39.1 Å². The average Bonchev–Trinajstić information content (AvgIpc) is 3.03. The fraction of sp³-hybridized carbons (Fsp3) is 0.429. The smallest absolute Gasteiger partial charge is 0.234 e. The SMILES string of the molecule is CCC(CCl)(CBr)c1cc(OCc2ccco2)nnc1Cl. The minimum Gasteiger partial charge on any atom is -0.468 e. The maximum Gasteiger partial charge on any atom is 0.234 e. The zero-order valence-corrected chi connectivity index (χ0v) is 14.6. The van der Waals surface area contributed by atoms with Gasteiger partial charge in [0.25, 0.3) is 0 Å². The highest BCUT2D eigenvalue weighted by molar-refractivity contribution is 9.09. The number of hydrogen-bond donors (Lipinski definition) is 0. The van der Waals surface area contributed by atoms with Crippen LogP contribution in [-0.4, -0.2) is 21.4 Å². The Balaban J connectivity index is 2.24. The predicted molar refractivity (Wildman–Crippen MR) is 86.6 cm³/mol. The molecule has 2 aromatic rings. The number of hydrogen-bond acceptors (Lipinski definition) is 4. The molecule has 7 heteroatoms. The van der Waals surface area contributed by atoms with E-state index in [0.29, 0.717) is 28.0 Å². The van der Waals surface area contributed by atoms with Crippen molar-refractivity contribution in [1.29, 1.82) is 0 Å². The van der Waals surface area contributed by atoms with Gasteiger partial charge >= 0.3 is 0 Å². The quantitative estimate of drug-likeness (QED) is 0.645. The van der Waals surface area contributed by atoms with Crippen LogP contribution in [0.1, 0.15) is 24.7 Å². The van der Waals surface area contributed by atoms with Crippen LogP contribution in [0.4, 0.5) is 0 Å². The first-order valence-electron chi connectivity index (χ1n) is 6.46. The van der Waals surface area contributed by atoms with Crippen molar-refractivity contribution in [2.24, 2.45) is 0 Å². The molecular weight excluding hydrogens is 379 g/mol. The van der Waals surface area contributed by atoms with E-state index in [1.54, 1.807) is 18.4 Å². The Morgan fingerprint density at radius 3 is 2.81 bits per heavy atom. The molecule has 0 aliphatic heterocycles. The van der Waals surface area contributed by atoms with Crippen LogP contribution < -0.4 is 4.74 Å². The minimum atomic E-state index is -0.294. The topological polar surface area (TPSA) is 48.2 Å². The third-order valence-electron chi connectivity index (χ3n) is 3.43. The van der Waals surface area contributed by atoms with Gasteiger partial charge in [0.15, 0.2) is 5.15 Å². The van der Waals surface area contributed by atoms with Gasteiger partial charge in [-0.05, 0) is 18.6 Å². The van der Waals surface area contributed by atoms with E-state index in [4.69, 9.17) is 32.4 Å². The van der Waals surface area contributed by atoms with Gasteiger partial charge in [-0.2, -0.15) is 0 Å². The van der Waals surface area contributed by atoms with Gasteiger partial charge in [-0.1, -0.05) is 34.5 Å². The van der Waals surface area contributed by atoms with Crippen LogP contribution in [0.2, 0.25) is 5.15 Å². The second-order valence-electron chi connectivity index (χ2n) is 4.66. The summed E-state index contributed by atoms with van der Waals surface area (Å²) in [4.78, 5) is 0. The maximum absolute atomic E-state index is 6.19. The first-order chi connectivity index (χ1) is 10.1. The molecule has 1 atom stereocenters. The molecule has 0 amide bonds. The standard InChI is InChI=1S/C14H15BrCl2N2O2/c1-2-14(8-15,9-16)11-6-12(18-19-13(11)17)21-7-10-4-3-5-20-10/h3-6H,2,7-9H2,1H3. The zero-order chi connectivity index (χ0) is 15.3. The third-order valence-corrected chi connectivity index (χ3v) is 5.29. The van der Waals surface area contributed by atoms with E-state index in [2.05, 4.69) is 33.1 Å². The second-order valence-corrected chi connectivity index (χ2v) is 5.84. The number of ether oxygens (including phenoxy) is 1. The van der Waals surface area contributed by atoms with Gasteiger partial charge in [0, 0.05) is 28.3 Å². The Bertz CT molecular complexity index is 566. The van der Waals surface area contributed by atoms with Crippen molar-refractivity contribution in [3.8, 4) is 5.88 Å². The lowest BCUT2D eigenvalue weighted by atomic mass is 9.83. The molecule has 0 bridgehead atoms. The first-order valence-corrected chi connectivity index (χ1v) is 8.49. The van der Waals surface area contributed by atoms with E-state index >= 15 is 0 Å². The molecule has 1 unspecified atom stereocenters. The summed E-state index contributed by atoms with van der Waals surface area (Å²) >= 11 is 15.9. The number of aromatic nitrogens is 2. The predicted octanol–water partition coefficient (Wildman–Crippen LogP) is 4.58. The maximum atomic E-state index is 6.19. The van der Waals surface area contributed by atoms with Gasteiger partial charge in [0.1, 0.15) is 12.4 Å². The highest BCUT2D eigenvalue weighted by Gasteiger charge is 2.32. The van der Waals surface area contributed by atoms with Crippen molar-refractivity contribution in [3.05, 3.63) is 40.9 Å². The largest absolute Gasteiger partial charge is 0.468 e. The summed E-state index contributed by atoms with van der Waals surface area (Å²) in [5.41, 5.74) is 0.542. The normalized spacial score (nSPS) is 13.9. The van der Waals surface area contributed by atoms with Crippen molar-refractivity contribution in [1.82, 2.24) is 10.2 Å². The zero-order valence-electron chi connectivity index (χ0n) is 11.5. The lowest BCUT2D eigenvalue weighted by Gasteiger charge is -2.29. The number of alkyl halides is 2. The van der Waals surface area contributed by atoms with Crippen molar-refractivity contribution < 1.29 is 9.15 Å². The highest BCUT2D eigenvalue weighted by Crippen LogP contribution is 2.36. The molecule has 0 aliphatic rings. The average molecular weight is 394 g/mol. The molecule has 0 fully saturated rings. The Morgan fingerprint density at radius 2 is 2.24 bits per heavy atom. The molecule has 0 saturated heterocycles. The summed E-state index contributed by atoms with van der Waals surface area (Å²) < 4.78 is 10.8. The minimum absolute atomic E-state index is 0.289. The van der Waals surface area contributed by atoms with Gasteiger partial charge in [0.2, 0.25) is 5.88 Å². The van der Waals surface area contributed by atoms with Gasteiger partial charge in [-0.25, -0.2) is 0 Å². The Hall–Kier alpha value is -0.780. The van der Waals surface area contributed by atoms with Gasteiger partial charge in [0.05, 0.1) is 6.26 Å². The van der Waals surface area contributed by atoms with Crippen LogP contribution in [0, 0.1) is 0 Å². The number of furan rings is 1. The number of halogens is 3. The lowest BCUT2D eigenvalue weighted by Crippen LogP contribution is -2.30. The van der Waals surface area contributed by atoms with E-state index in [1.165, 1.54) is 0 Å². The second kappa shape index (κ2) is 7.47. The van der Waals surface area contributed by atoms with Crippen LogP contribution in [-0.2, 0) is 12.0 Å². The van der Waals surface area contributed by atoms with Crippen molar-refractivity contribution in [2.75, 3.05) is 11.2 Å². The lowest BCUT2D eigenvalue weighted by molar-refractivity contribution is 0.257. The van der Waals surface area contributed by atoms with Crippen molar-refractivity contribution >= 4 is 39.1 Å². The molecule has 0 aliphatic carbocycles. The van der Waals surface area contributed by atoms with E-state index in [1.807, 2.05) is 6.07 Å². The summed E-state index contributed by atoms with van der Waals surface area (Å²) in [7, 11) is 0. The summed E-state index contributed by atoms with van der Waals surface area (Å²) in [6, 6.07) is 5.43. The van der Waals surface area contributed by atoms with Crippen LogP contribution in [0.5, 0.6) is 5.88 Å². The van der Waals surface area contributed by atoms with E-state index in [9.17, 15) is 0 Å². The summed E-state index contributed by atoms with van der Waals surface area (Å²) in [6.07, 6.45) is 2.42. The van der Waals surface area contributed by atoms with E-state index in [0.717, 1.165) is 12.0 Å². The van der Waals surface area contributed by atoms with Crippen molar-refractivity contribution in [3.63, 3.8) is 0 Å². The monoisotopic (exact) mass is 392 g/mol. The molecular formula is C14H15BrCl2N2O2. The molecule has 2 heterocycles. The van der Waals surface area contributed by atoms with E-state index < -0.39 is 0 Å². The number of nitrogens with zero attached hydrogens (tertiary/aromatic N) is 2. The Kier molecular flexibility index (Phi) is 5.90. The van der Waals surface area contributed by atoms with Crippen LogP contribution in [0.15, 0.2) is 28.9 Å². The fourth-order valence-corrected chi connectivity index (χ4v) is 3.75. The Labute approximate surface area is 141 Å². The van der Waals surface area contributed by atoms with Gasteiger partial charge in [-0.15, -0.1) is 21.8 Å². The highest BCUT2D eigenvalue weighted by atomic mass is 79.9. The molecule has 0 aromatic carbocycles. The molecule has 114 valence electrons. The molecule has 2 rings (SSSR count). The van der Waals surface area contributed by atoms with E-state index in [-0.39, 0.29) is 12.0 Å². The molecule has 21 heavy (non-hydrogen) atoms. The number of rotatable bonds is 7. The molecule has 0 saturated carbocycles. The van der Waals surface area contributed by atoms with Crippen molar-refractivity contribution in [2.45, 2.75) is 25.4 Å². The summed E-state index contributed by atoms with van der Waals surface area (Å²) in [5.74, 6) is 1.54. The molecule has 0 spiro atoms. The fourth-order valence-electron chi connectivity index (χ4n) is 1.90. The van der Waals surface area contributed by atoms with Gasteiger partial charge < -0.3 is 9.15 Å². The first kappa shape index (κ1) is 16.6. The molecule has 0 radical (unpaired) electrons. The van der Waals surface area contributed by atoms with Gasteiger partial charge in [-0.3, -0.25) is 0 Å². The molecule has 0 N–H and O–H groups in total. The summed E-state index contributed by atoms with van der Waals surface area (Å²) in [6.45, 7) is 2.35. The third kappa shape index (κ3) is 3.71. The van der Waals surface area contributed by atoms with Crippen LogP contribution in [0.3, 0.4) is 0 Å². The Morgan fingerprint density at radius 1 is 1.43 bits per heavy atom. The molecule has 2 aromatic heterocycles.